The topological polar surface area (TPSA) is 63.7 Å². The molecule has 1 rings (SSSR count). The van der Waals surface area contributed by atoms with E-state index in [2.05, 4.69) is 0 Å². The number of hydrogen-bond donors (Lipinski definition) is 0. The van der Waals surface area contributed by atoms with Crippen LogP contribution in [0.1, 0.15) is 12.5 Å². The van der Waals surface area contributed by atoms with Gasteiger partial charge in [0.2, 0.25) is 5.91 Å². The van der Waals surface area contributed by atoms with Gasteiger partial charge in [-0.15, -0.1) is 0 Å². The van der Waals surface area contributed by atoms with Gasteiger partial charge in [-0.25, -0.2) is 8.42 Å². The number of methoxy groups -OCH3 is 1. The van der Waals surface area contributed by atoms with Crippen LogP contribution in [0.3, 0.4) is 0 Å². The smallest absolute Gasteiger partial charge is 0.240 e. The van der Waals surface area contributed by atoms with Gasteiger partial charge in [0.1, 0.15) is 5.25 Å². The van der Waals surface area contributed by atoms with Crippen molar-refractivity contribution in [2.75, 3.05) is 26.5 Å². The summed E-state index contributed by atoms with van der Waals surface area (Å²) in [6.45, 7) is 1.92. The van der Waals surface area contributed by atoms with Crippen LogP contribution in [0.2, 0.25) is 0 Å². The monoisotopic (exact) mass is 299 g/mol. The van der Waals surface area contributed by atoms with Crippen LogP contribution in [0.5, 0.6) is 0 Å². The van der Waals surface area contributed by atoms with Gasteiger partial charge in [0.25, 0.3) is 0 Å². The van der Waals surface area contributed by atoms with Crippen LogP contribution in [-0.4, -0.2) is 51.0 Å². The number of ether oxygens (including phenoxy) is 1. The molecule has 0 aliphatic rings. The molecule has 0 spiro atoms. The molecule has 0 N–H and O–H groups in total. The van der Waals surface area contributed by atoms with Gasteiger partial charge < -0.3 is 9.64 Å². The molecule has 1 unspecified atom stereocenters. The Morgan fingerprint density at radius 2 is 1.90 bits per heavy atom. The number of rotatable bonds is 7. The molecular formula is C14H21NO4S. The van der Waals surface area contributed by atoms with Crippen molar-refractivity contribution >= 4 is 15.7 Å². The van der Waals surface area contributed by atoms with Crippen LogP contribution in [0.25, 0.3) is 0 Å². The molecule has 1 amide bonds. The molecular weight excluding hydrogens is 278 g/mol. The Morgan fingerprint density at radius 1 is 1.30 bits per heavy atom. The molecule has 0 aliphatic heterocycles. The van der Waals surface area contributed by atoms with Gasteiger partial charge >= 0.3 is 0 Å². The highest BCUT2D eigenvalue weighted by molar-refractivity contribution is 7.92. The summed E-state index contributed by atoms with van der Waals surface area (Å²) in [6, 6.07) is 9.45. The van der Waals surface area contributed by atoms with Gasteiger partial charge in [-0.1, -0.05) is 30.3 Å². The SMILES string of the molecule is COCCS(=O)(=O)C(C)C(=O)N(C)Cc1ccccc1. The van der Waals surface area contributed by atoms with Crippen LogP contribution >= 0.6 is 0 Å². The predicted molar refractivity (Wildman–Crippen MR) is 78.0 cm³/mol. The number of hydrogen-bond acceptors (Lipinski definition) is 4. The molecule has 0 radical (unpaired) electrons. The minimum Gasteiger partial charge on any atom is -0.384 e. The van der Waals surface area contributed by atoms with E-state index >= 15 is 0 Å². The lowest BCUT2D eigenvalue weighted by atomic mass is 10.2. The lowest BCUT2D eigenvalue weighted by Crippen LogP contribution is -2.40. The third-order valence-corrected chi connectivity index (χ3v) is 5.11. The number of carbonyl (C=O) groups is 1. The minimum absolute atomic E-state index is 0.0996. The Hall–Kier alpha value is -1.40. The van der Waals surface area contributed by atoms with Crippen LogP contribution in [-0.2, 0) is 25.9 Å². The number of carbonyl (C=O) groups excluding carboxylic acids is 1. The Labute approximate surface area is 120 Å². The van der Waals surface area contributed by atoms with E-state index in [9.17, 15) is 13.2 Å². The molecule has 1 atom stereocenters. The van der Waals surface area contributed by atoms with Gasteiger partial charge in [0, 0.05) is 20.7 Å². The van der Waals surface area contributed by atoms with E-state index < -0.39 is 21.0 Å². The first-order valence-electron chi connectivity index (χ1n) is 6.38. The maximum absolute atomic E-state index is 12.2. The van der Waals surface area contributed by atoms with Crippen molar-refractivity contribution in [2.45, 2.75) is 18.7 Å². The second-order valence-electron chi connectivity index (χ2n) is 4.68. The molecule has 1 aromatic rings. The molecule has 0 aromatic heterocycles. The maximum atomic E-state index is 12.2. The molecule has 0 saturated carbocycles. The number of sulfone groups is 1. The molecule has 0 bridgehead atoms. The summed E-state index contributed by atoms with van der Waals surface area (Å²) in [6.07, 6.45) is 0. The van der Waals surface area contributed by atoms with E-state index in [-0.39, 0.29) is 12.4 Å². The van der Waals surface area contributed by atoms with E-state index in [0.717, 1.165) is 5.56 Å². The van der Waals surface area contributed by atoms with Gasteiger partial charge in [-0.05, 0) is 12.5 Å². The number of nitrogens with zero attached hydrogens (tertiary/aromatic N) is 1. The lowest BCUT2D eigenvalue weighted by molar-refractivity contribution is -0.129. The normalized spacial score (nSPS) is 12.9. The maximum Gasteiger partial charge on any atom is 0.240 e. The molecule has 6 heteroatoms. The molecule has 0 aliphatic carbocycles. The summed E-state index contributed by atoms with van der Waals surface area (Å²) in [4.78, 5) is 13.6. The molecule has 20 heavy (non-hydrogen) atoms. The minimum atomic E-state index is -3.48. The Balaban J connectivity index is 2.69. The van der Waals surface area contributed by atoms with Crippen molar-refractivity contribution in [3.05, 3.63) is 35.9 Å². The molecule has 0 heterocycles. The summed E-state index contributed by atoms with van der Waals surface area (Å²) in [5.41, 5.74) is 0.963. The van der Waals surface area contributed by atoms with Crippen LogP contribution < -0.4 is 0 Å². The fraction of sp³-hybridized carbons (Fsp3) is 0.500. The first-order valence-corrected chi connectivity index (χ1v) is 8.09. The lowest BCUT2D eigenvalue weighted by Gasteiger charge is -2.21. The van der Waals surface area contributed by atoms with Crippen LogP contribution in [0, 0.1) is 0 Å². The van der Waals surface area contributed by atoms with E-state index in [1.165, 1.54) is 18.9 Å². The van der Waals surface area contributed by atoms with Crippen molar-refractivity contribution < 1.29 is 17.9 Å². The third kappa shape index (κ3) is 4.61. The van der Waals surface area contributed by atoms with Gasteiger partial charge in [-0.2, -0.15) is 0 Å². The second kappa shape index (κ2) is 7.40. The van der Waals surface area contributed by atoms with Gasteiger partial charge in [-0.3, -0.25) is 4.79 Å². The Bertz CT molecular complexity index is 527. The zero-order valence-electron chi connectivity index (χ0n) is 12.1. The summed E-state index contributed by atoms with van der Waals surface area (Å²) in [7, 11) is -0.432. The predicted octanol–water partition coefficient (Wildman–Crippen LogP) is 1.09. The Kier molecular flexibility index (Phi) is 6.16. The Morgan fingerprint density at radius 3 is 2.45 bits per heavy atom. The second-order valence-corrected chi connectivity index (χ2v) is 7.12. The molecule has 0 fully saturated rings. The van der Waals surface area contributed by atoms with Gasteiger partial charge in [0.15, 0.2) is 9.84 Å². The summed E-state index contributed by atoms with van der Waals surface area (Å²) in [5.74, 6) is -0.541. The summed E-state index contributed by atoms with van der Waals surface area (Å²) >= 11 is 0. The van der Waals surface area contributed by atoms with Crippen molar-refractivity contribution in [1.29, 1.82) is 0 Å². The number of benzene rings is 1. The zero-order chi connectivity index (χ0) is 15.2. The van der Waals surface area contributed by atoms with Crippen molar-refractivity contribution in [2.24, 2.45) is 0 Å². The van der Waals surface area contributed by atoms with Crippen LogP contribution in [0.4, 0.5) is 0 Å². The average Bonchev–Trinajstić information content (AvgIpc) is 2.44. The van der Waals surface area contributed by atoms with E-state index in [0.29, 0.717) is 6.54 Å². The molecule has 0 saturated heterocycles. The standard InChI is InChI=1S/C14H21NO4S/c1-12(20(17,18)10-9-19-3)14(16)15(2)11-13-7-5-4-6-8-13/h4-8,12H,9-11H2,1-3H3. The van der Waals surface area contributed by atoms with E-state index in [1.54, 1.807) is 7.05 Å². The third-order valence-electron chi connectivity index (χ3n) is 3.10. The highest BCUT2D eigenvalue weighted by Gasteiger charge is 2.29. The van der Waals surface area contributed by atoms with Crippen molar-refractivity contribution in [3.63, 3.8) is 0 Å². The first-order chi connectivity index (χ1) is 9.38. The first kappa shape index (κ1) is 16.7. The highest BCUT2D eigenvalue weighted by atomic mass is 32.2. The summed E-state index contributed by atoms with van der Waals surface area (Å²) in [5, 5.41) is -1.05. The highest BCUT2D eigenvalue weighted by Crippen LogP contribution is 2.09. The summed E-state index contributed by atoms with van der Waals surface area (Å²) < 4.78 is 28.7. The fourth-order valence-electron chi connectivity index (χ4n) is 1.78. The molecule has 1 aromatic carbocycles. The zero-order valence-corrected chi connectivity index (χ0v) is 12.9. The molecule has 5 nitrogen and oxygen atoms in total. The largest absolute Gasteiger partial charge is 0.384 e. The average molecular weight is 299 g/mol. The fourth-order valence-corrected chi connectivity index (χ4v) is 3.02. The molecule has 112 valence electrons. The number of amides is 1. The van der Waals surface area contributed by atoms with Gasteiger partial charge in [0.05, 0.1) is 12.4 Å². The quantitative estimate of drug-likeness (QED) is 0.756. The van der Waals surface area contributed by atoms with E-state index in [4.69, 9.17) is 4.74 Å². The van der Waals surface area contributed by atoms with Crippen LogP contribution in [0.15, 0.2) is 30.3 Å². The van der Waals surface area contributed by atoms with Crippen molar-refractivity contribution in [3.8, 4) is 0 Å². The van der Waals surface area contributed by atoms with Crippen molar-refractivity contribution in [1.82, 2.24) is 4.90 Å². The van der Waals surface area contributed by atoms with E-state index in [1.807, 2.05) is 30.3 Å².